The Morgan fingerprint density at radius 2 is 1.82 bits per heavy atom. The molecule has 1 saturated heterocycles. The van der Waals surface area contributed by atoms with E-state index in [0.717, 1.165) is 5.56 Å². The van der Waals surface area contributed by atoms with Gasteiger partial charge in [0.2, 0.25) is 17.6 Å². The van der Waals surface area contributed by atoms with E-state index in [1.54, 1.807) is 37.0 Å². The monoisotopic (exact) mass is 624 g/mol. The van der Waals surface area contributed by atoms with Crippen LogP contribution in [0.3, 0.4) is 0 Å². The van der Waals surface area contributed by atoms with Crippen LogP contribution in [0.4, 0.5) is 4.39 Å². The number of aliphatic hydroxyl groups excluding tert-OH is 1. The minimum Gasteiger partial charge on any atom is -0.391 e. The van der Waals surface area contributed by atoms with Crippen molar-refractivity contribution in [2.75, 3.05) is 13.1 Å². The summed E-state index contributed by atoms with van der Waals surface area (Å²) in [5, 5.41) is 31.2. The summed E-state index contributed by atoms with van der Waals surface area (Å²) in [6, 6.07) is 5.47. The second kappa shape index (κ2) is 15.9. The average Bonchev–Trinajstić information content (AvgIpc) is 3.43. The van der Waals surface area contributed by atoms with Crippen LogP contribution in [0.5, 0.6) is 0 Å². The molecule has 0 aliphatic carbocycles. The third-order valence-electron chi connectivity index (χ3n) is 7.52. The summed E-state index contributed by atoms with van der Waals surface area (Å²) in [7, 11) is 0. The summed E-state index contributed by atoms with van der Waals surface area (Å²) < 4.78 is 19.4. The highest BCUT2D eigenvalue weighted by Gasteiger charge is 2.34. The molecule has 1 fully saturated rings. The van der Waals surface area contributed by atoms with Crippen LogP contribution in [0.15, 0.2) is 40.4 Å². The maximum Gasteiger partial charge on any atom is 0.290 e. The number of aromatic nitrogens is 1. The predicted octanol–water partition coefficient (Wildman–Crippen LogP) is 2.45. The number of piperidine rings is 1. The number of rotatable bonds is 12. The van der Waals surface area contributed by atoms with E-state index in [1.807, 2.05) is 19.9 Å². The number of nitrogens with one attached hydrogen (secondary N) is 3. The molecule has 2 heterocycles. The maximum atomic E-state index is 14.4. The number of likely N-dealkylation sites (tertiary alicyclic amines) is 1. The van der Waals surface area contributed by atoms with Crippen molar-refractivity contribution in [1.82, 2.24) is 26.0 Å². The van der Waals surface area contributed by atoms with Gasteiger partial charge in [-0.2, -0.15) is 5.26 Å². The molecule has 4 N–H and O–H groups in total. The van der Waals surface area contributed by atoms with E-state index in [9.17, 15) is 33.9 Å². The lowest BCUT2D eigenvalue weighted by atomic mass is 9.89. The Kier molecular flexibility index (Phi) is 12.4. The summed E-state index contributed by atoms with van der Waals surface area (Å²) in [5.74, 6) is -3.17. The summed E-state index contributed by atoms with van der Waals surface area (Å²) in [6.45, 7) is 9.06. The quantitative estimate of drug-likeness (QED) is 0.206. The van der Waals surface area contributed by atoms with Crippen molar-refractivity contribution in [3.63, 3.8) is 0 Å². The third kappa shape index (κ3) is 9.97. The van der Waals surface area contributed by atoms with Crippen LogP contribution < -0.4 is 16.0 Å². The number of amides is 4. The molecule has 0 spiro atoms. The number of nitriles is 1. The number of nitrogens with zero attached hydrogens (tertiary/aromatic N) is 3. The molecule has 2 aromatic rings. The van der Waals surface area contributed by atoms with Gasteiger partial charge in [0, 0.05) is 31.3 Å². The van der Waals surface area contributed by atoms with Crippen LogP contribution in [0, 0.1) is 42.8 Å². The molecule has 12 nitrogen and oxygen atoms in total. The van der Waals surface area contributed by atoms with Crippen LogP contribution in [0.2, 0.25) is 0 Å². The molecular formula is C32H41FN6O6. The first-order valence-corrected chi connectivity index (χ1v) is 15.0. The van der Waals surface area contributed by atoms with Crippen molar-refractivity contribution in [1.29, 1.82) is 5.26 Å². The molecule has 1 aromatic heterocycles. The highest BCUT2D eigenvalue weighted by Crippen LogP contribution is 2.24. The number of aliphatic hydroxyl groups is 1. The van der Waals surface area contributed by atoms with Gasteiger partial charge in [0.25, 0.3) is 11.8 Å². The van der Waals surface area contributed by atoms with Gasteiger partial charge in [-0.15, -0.1) is 0 Å². The van der Waals surface area contributed by atoms with Crippen LogP contribution in [0.1, 0.15) is 67.4 Å². The number of carbonyl (C=O) groups is 4. The fraction of sp³-hybridized carbons (Fsp3) is 0.500. The van der Waals surface area contributed by atoms with E-state index >= 15 is 0 Å². The molecule has 1 aliphatic rings. The van der Waals surface area contributed by atoms with Gasteiger partial charge < -0.3 is 30.5 Å². The first-order valence-electron chi connectivity index (χ1n) is 15.0. The fourth-order valence-corrected chi connectivity index (χ4v) is 5.05. The van der Waals surface area contributed by atoms with Gasteiger partial charge in [0.05, 0.1) is 11.8 Å². The second-order valence-electron chi connectivity index (χ2n) is 11.8. The number of hydrogen-bond donors (Lipinski definition) is 4. The van der Waals surface area contributed by atoms with Crippen LogP contribution in [-0.4, -0.2) is 70.1 Å². The molecule has 0 unspecified atom stereocenters. The molecule has 4 amide bonds. The van der Waals surface area contributed by atoms with Gasteiger partial charge >= 0.3 is 0 Å². The smallest absolute Gasteiger partial charge is 0.290 e. The molecule has 13 heteroatoms. The molecule has 0 radical (unpaired) electrons. The van der Waals surface area contributed by atoms with E-state index in [1.165, 1.54) is 19.1 Å². The van der Waals surface area contributed by atoms with Gasteiger partial charge in [0.1, 0.15) is 29.5 Å². The first-order chi connectivity index (χ1) is 21.3. The van der Waals surface area contributed by atoms with E-state index in [0.29, 0.717) is 31.6 Å². The molecule has 45 heavy (non-hydrogen) atoms. The van der Waals surface area contributed by atoms with Gasteiger partial charge in [-0.1, -0.05) is 37.2 Å². The number of aryl methyl sites for hydroxylation is 2. The van der Waals surface area contributed by atoms with Gasteiger partial charge in [-0.3, -0.25) is 19.2 Å². The largest absolute Gasteiger partial charge is 0.391 e. The zero-order valence-corrected chi connectivity index (χ0v) is 26.2. The van der Waals surface area contributed by atoms with Crippen LogP contribution in [-0.2, 0) is 20.9 Å². The zero-order valence-electron chi connectivity index (χ0n) is 26.2. The lowest BCUT2D eigenvalue weighted by Crippen LogP contribution is -2.57. The molecule has 242 valence electrons. The minimum absolute atomic E-state index is 0.0347. The fourth-order valence-electron chi connectivity index (χ4n) is 5.05. The van der Waals surface area contributed by atoms with Gasteiger partial charge in [-0.25, -0.2) is 4.39 Å². The maximum absolute atomic E-state index is 14.4. The summed E-state index contributed by atoms with van der Waals surface area (Å²) in [5.41, 5.74) is 1.53. The van der Waals surface area contributed by atoms with Crippen molar-refractivity contribution in [3.8, 4) is 6.07 Å². The Morgan fingerprint density at radius 3 is 2.38 bits per heavy atom. The molecule has 3 rings (SSSR count). The van der Waals surface area contributed by atoms with E-state index < -0.39 is 41.7 Å². The van der Waals surface area contributed by atoms with Crippen molar-refractivity contribution in [3.05, 3.63) is 64.3 Å². The topological polar surface area (TPSA) is 178 Å². The normalized spacial score (nSPS) is 16.0. The van der Waals surface area contributed by atoms with Crippen molar-refractivity contribution >= 4 is 23.6 Å². The zero-order chi connectivity index (χ0) is 33.3. The third-order valence-corrected chi connectivity index (χ3v) is 7.52. The van der Waals surface area contributed by atoms with Gasteiger partial charge in [0.15, 0.2) is 0 Å². The second-order valence-corrected chi connectivity index (χ2v) is 11.8. The highest BCUT2D eigenvalue weighted by molar-refractivity contribution is 5.98. The SMILES string of the molecule is Cc1ccc(CNC(=O)[C@H](CC2CCN(C(=O)C(C#N)=CC(C)C)CC2)NC(=O)[C@@H](NC(=O)c2cc(C)no2)[C@@H](C)O)c(F)c1. The molecule has 1 aromatic carbocycles. The van der Waals surface area contributed by atoms with Crippen LogP contribution >= 0.6 is 0 Å². The summed E-state index contributed by atoms with van der Waals surface area (Å²) in [6.07, 6.45) is 1.51. The number of carbonyl (C=O) groups excluding carboxylic acids is 4. The Hall–Kier alpha value is -4.57. The average molecular weight is 625 g/mol. The van der Waals surface area contributed by atoms with E-state index in [2.05, 4.69) is 21.1 Å². The molecule has 0 saturated carbocycles. The number of allylic oxidation sites excluding steroid dienone is 1. The van der Waals surface area contributed by atoms with E-state index in [4.69, 9.17) is 4.52 Å². The van der Waals surface area contributed by atoms with Crippen molar-refractivity contribution in [2.45, 2.75) is 78.6 Å². The number of benzene rings is 1. The van der Waals surface area contributed by atoms with Crippen LogP contribution in [0.25, 0.3) is 0 Å². The Balaban J connectivity index is 1.73. The molecular weight excluding hydrogens is 583 g/mol. The summed E-state index contributed by atoms with van der Waals surface area (Å²) >= 11 is 0. The number of halogens is 1. The lowest BCUT2D eigenvalue weighted by Gasteiger charge is -2.34. The lowest BCUT2D eigenvalue weighted by molar-refractivity contribution is -0.132. The minimum atomic E-state index is -1.43. The standard InChI is InChI=1S/C32H41FN6O6/c1-18(2)12-24(16-34)32(44)39-10-8-22(9-11-39)15-26(29(41)35-17-23-7-6-19(3)13-25(23)33)36-31(43)28(21(5)40)37-30(42)27-14-20(4)38-45-27/h6-7,12-14,18,21-22,26,28,40H,8-11,15,17H2,1-5H3,(H,35,41)(H,36,43)(H,37,42)/t21-,26+,28+/m1/s1. The highest BCUT2D eigenvalue weighted by atomic mass is 19.1. The van der Waals surface area contributed by atoms with Crippen molar-refractivity contribution < 1.29 is 33.2 Å². The molecule has 3 atom stereocenters. The summed E-state index contributed by atoms with van der Waals surface area (Å²) in [4.78, 5) is 53.9. The first kappa shape index (κ1) is 34.9. The predicted molar refractivity (Wildman–Crippen MR) is 162 cm³/mol. The molecule has 0 bridgehead atoms. The van der Waals surface area contributed by atoms with E-state index in [-0.39, 0.29) is 47.6 Å². The van der Waals surface area contributed by atoms with Crippen molar-refractivity contribution in [2.24, 2.45) is 11.8 Å². The Morgan fingerprint density at radius 1 is 1.13 bits per heavy atom. The van der Waals surface area contributed by atoms with Gasteiger partial charge in [-0.05, 0) is 63.5 Å². The number of hydrogen-bond acceptors (Lipinski definition) is 8. The molecule has 1 aliphatic heterocycles. The Bertz CT molecular complexity index is 1450. The Labute approximate surface area is 262 Å².